The van der Waals surface area contributed by atoms with Gasteiger partial charge in [0.2, 0.25) is 5.91 Å². The van der Waals surface area contributed by atoms with E-state index in [2.05, 4.69) is 5.10 Å². The number of amides is 2. The highest BCUT2D eigenvalue weighted by Crippen LogP contribution is 2.24. The van der Waals surface area contributed by atoms with Crippen molar-refractivity contribution in [3.63, 3.8) is 0 Å². The summed E-state index contributed by atoms with van der Waals surface area (Å²) >= 11 is 0. The summed E-state index contributed by atoms with van der Waals surface area (Å²) in [5.74, 6) is -0.0751. The number of carbonyl (C=O) groups excluding carboxylic acids is 2. The Morgan fingerprint density at radius 1 is 0.966 bits per heavy atom. The molecule has 29 heavy (non-hydrogen) atoms. The number of aromatic nitrogens is 2. The lowest BCUT2D eigenvalue weighted by Gasteiger charge is -2.35. The highest BCUT2D eigenvalue weighted by atomic mass is 19.1. The quantitative estimate of drug-likeness (QED) is 0.798. The lowest BCUT2D eigenvalue weighted by Crippen LogP contribution is -2.45. The van der Waals surface area contributed by atoms with E-state index in [-0.39, 0.29) is 23.5 Å². The van der Waals surface area contributed by atoms with Crippen molar-refractivity contribution >= 4 is 11.8 Å². The van der Waals surface area contributed by atoms with Gasteiger partial charge in [-0.2, -0.15) is 5.10 Å². The molecule has 0 bridgehead atoms. The van der Waals surface area contributed by atoms with Gasteiger partial charge in [-0.1, -0.05) is 0 Å². The minimum absolute atomic E-state index is 0.0279. The van der Waals surface area contributed by atoms with Crippen LogP contribution in [-0.4, -0.2) is 57.6 Å². The zero-order valence-electron chi connectivity index (χ0n) is 16.8. The predicted octanol–water partition coefficient (Wildman–Crippen LogP) is 3.18. The summed E-state index contributed by atoms with van der Waals surface area (Å²) < 4.78 is 14.8. The maximum absolute atomic E-state index is 13.2. The maximum atomic E-state index is 13.2. The van der Waals surface area contributed by atoms with Gasteiger partial charge in [-0.3, -0.25) is 9.59 Å². The third-order valence-electron chi connectivity index (χ3n) is 6.11. The third kappa shape index (κ3) is 4.04. The lowest BCUT2D eigenvalue weighted by molar-refractivity contribution is -0.137. The minimum Gasteiger partial charge on any atom is -0.342 e. The second kappa shape index (κ2) is 8.35. The van der Waals surface area contributed by atoms with Gasteiger partial charge >= 0.3 is 0 Å². The molecule has 6 nitrogen and oxygen atoms in total. The fourth-order valence-electron chi connectivity index (χ4n) is 4.33. The second-order valence-electron chi connectivity index (χ2n) is 7.98. The summed E-state index contributed by atoms with van der Waals surface area (Å²) in [5, 5.41) is 4.32. The van der Waals surface area contributed by atoms with Crippen LogP contribution in [-0.2, 0) is 4.79 Å². The zero-order valence-corrected chi connectivity index (χ0v) is 16.8. The van der Waals surface area contributed by atoms with Crippen LogP contribution >= 0.6 is 0 Å². The second-order valence-corrected chi connectivity index (χ2v) is 7.98. The van der Waals surface area contributed by atoms with E-state index in [1.165, 1.54) is 18.6 Å². The Kier molecular flexibility index (Phi) is 5.65. The van der Waals surface area contributed by atoms with Gasteiger partial charge < -0.3 is 9.80 Å². The van der Waals surface area contributed by atoms with Crippen LogP contribution in [0.3, 0.4) is 0 Å². The Hall–Kier alpha value is -2.70. The van der Waals surface area contributed by atoms with E-state index in [4.69, 9.17) is 0 Å². The van der Waals surface area contributed by atoms with Gasteiger partial charge in [0.15, 0.2) is 0 Å². The van der Waals surface area contributed by atoms with Gasteiger partial charge in [0.25, 0.3) is 5.91 Å². The lowest BCUT2D eigenvalue weighted by atomic mass is 9.94. The number of likely N-dealkylation sites (tertiary alicyclic amines) is 2. The largest absolute Gasteiger partial charge is 0.342 e. The summed E-state index contributed by atoms with van der Waals surface area (Å²) in [7, 11) is 0. The molecule has 0 atom stereocenters. The average Bonchev–Trinajstić information content (AvgIpc) is 3.15. The van der Waals surface area contributed by atoms with Gasteiger partial charge in [0.05, 0.1) is 23.1 Å². The molecule has 2 saturated heterocycles. The molecule has 2 aliphatic heterocycles. The first-order valence-electron chi connectivity index (χ1n) is 10.4. The Morgan fingerprint density at radius 2 is 1.62 bits per heavy atom. The molecule has 2 amide bonds. The highest BCUT2D eigenvalue weighted by molar-refractivity contribution is 5.95. The zero-order chi connectivity index (χ0) is 20.4. The summed E-state index contributed by atoms with van der Waals surface area (Å²) in [6.07, 6.45) is 6.41. The van der Waals surface area contributed by atoms with E-state index in [1.54, 1.807) is 23.0 Å². The Labute approximate surface area is 170 Å². The van der Waals surface area contributed by atoms with Crippen molar-refractivity contribution in [1.82, 2.24) is 19.6 Å². The number of benzene rings is 1. The molecule has 0 aliphatic carbocycles. The molecule has 2 aromatic rings. The molecule has 154 valence electrons. The van der Waals surface area contributed by atoms with E-state index in [1.807, 2.05) is 16.7 Å². The van der Waals surface area contributed by atoms with E-state index in [0.717, 1.165) is 31.6 Å². The van der Waals surface area contributed by atoms with Gasteiger partial charge in [0, 0.05) is 32.1 Å². The van der Waals surface area contributed by atoms with Gasteiger partial charge in [-0.15, -0.1) is 0 Å². The first-order valence-corrected chi connectivity index (χ1v) is 10.4. The van der Waals surface area contributed by atoms with Crippen LogP contribution in [0.2, 0.25) is 0 Å². The SMILES string of the molecule is Cc1c(C(=O)N2CCC(C(=O)N3CCCCC3)CC2)cnn1-c1ccc(F)cc1. The minimum atomic E-state index is -0.308. The summed E-state index contributed by atoms with van der Waals surface area (Å²) in [6, 6.07) is 6.03. The molecule has 0 N–H and O–H groups in total. The van der Waals surface area contributed by atoms with Crippen molar-refractivity contribution in [2.45, 2.75) is 39.0 Å². The summed E-state index contributed by atoms with van der Waals surface area (Å²) in [4.78, 5) is 29.6. The van der Waals surface area contributed by atoms with E-state index in [0.29, 0.717) is 37.2 Å². The monoisotopic (exact) mass is 398 g/mol. The van der Waals surface area contributed by atoms with Crippen LogP contribution < -0.4 is 0 Å². The number of carbonyl (C=O) groups is 2. The Morgan fingerprint density at radius 3 is 2.28 bits per heavy atom. The van der Waals surface area contributed by atoms with Crippen LogP contribution in [0.1, 0.15) is 48.2 Å². The van der Waals surface area contributed by atoms with E-state index >= 15 is 0 Å². The molecular formula is C22H27FN4O2. The maximum Gasteiger partial charge on any atom is 0.257 e. The van der Waals surface area contributed by atoms with E-state index in [9.17, 15) is 14.0 Å². The Bertz CT molecular complexity index is 879. The molecule has 1 aromatic carbocycles. The van der Waals surface area contributed by atoms with Gasteiger partial charge in [-0.25, -0.2) is 9.07 Å². The smallest absolute Gasteiger partial charge is 0.257 e. The standard InChI is InChI=1S/C22H27FN4O2/c1-16-20(15-24-27(16)19-7-5-18(23)6-8-19)22(29)26-13-9-17(10-14-26)21(28)25-11-3-2-4-12-25/h5-8,15,17H,2-4,9-14H2,1H3. The normalized spacial score (nSPS) is 18.1. The van der Waals surface area contributed by atoms with Crippen molar-refractivity contribution < 1.29 is 14.0 Å². The number of halogens is 1. The van der Waals surface area contributed by atoms with Crippen molar-refractivity contribution in [3.05, 3.63) is 47.5 Å². The van der Waals surface area contributed by atoms with Crippen LogP contribution in [0, 0.1) is 18.7 Å². The average molecular weight is 398 g/mol. The van der Waals surface area contributed by atoms with Crippen molar-refractivity contribution in [1.29, 1.82) is 0 Å². The number of rotatable bonds is 3. The summed E-state index contributed by atoms with van der Waals surface area (Å²) in [5.41, 5.74) is 2.00. The molecule has 0 radical (unpaired) electrons. The van der Waals surface area contributed by atoms with Crippen LogP contribution in [0.4, 0.5) is 4.39 Å². The van der Waals surface area contributed by atoms with Crippen LogP contribution in [0.15, 0.2) is 30.5 Å². The number of nitrogens with zero attached hydrogens (tertiary/aromatic N) is 4. The molecular weight excluding hydrogens is 371 g/mol. The van der Waals surface area contributed by atoms with Gasteiger partial charge in [0.1, 0.15) is 5.82 Å². The first kappa shape index (κ1) is 19.6. The fourth-order valence-corrected chi connectivity index (χ4v) is 4.33. The van der Waals surface area contributed by atoms with Crippen molar-refractivity contribution in [3.8, 4) is 5.69 Å². The molecule has 0 unspecified atom stereocenters. The van der Waals surface area contributed by atoms with Crippen LogP contribution in [0.5, 0.6) is 0 Å². The molecule has 4 rings (SSSR count). The van der Waals surface area contributed by atoms with Crippen molar-refractivity contribution in [2.24, 2.45) is 5.92 Å². The number of hydrogen-bond acceptors (Lipinski definition) is 3. The molecule has 2 fully saturated rings. The van der Waals surface area contributed by atoms with Crippen molar-refractivity contribution in [2.75, 3.05) is 26.2 Å². The molecule has 3 heterocycles. The number of piperidine rings is 2. The molecule has 0 saturated carbocycles. The third-order valence-corrected chi connectivity index (χ3v) is 6.11. The predicted molar refractivity (Wildman–Crippen MR) is 107 cm³/mol. The van der Waals surface area contributed by atoms with Gasteiger partial charge in [-0.05, 0) is 63.3 Å². The summed E-state index contributed by atoms with van der Waals surface area (Å²) in [6.45, 7) is 4.77. The highest BCUT2D eigenvalue weighted by Gasteiger charge is 2.31. The molecule has 1 aromatic heterocycles. The molecule has 0 spiro atoms. The number of hydrogen-bond donors (Lipinski definition) is 0. The topological polar surface area (TPSA) is 58.4 Å². The van der Waals surface area contributed by atoms with Crippen LogP contribution in [0.25, 0.3) is 5.69 Å². The molecule has 2 aliphatic rings. The Balaban J connectivity index is 1.40. The van der Waals surface area contributed by atoms with E-state index < -0.39 is 0 Å². The fraction of sp³-hybridized carbons (Fsp3) is 0.500. The first-order chi connectivity index (χ1) is 14.0. The molecule has 7 heteroatoms.